The molecule has 1 fully saturated rings. The third-order valence-electron chi connectivity index (χ3n) is 2.72. The average molecular weight is 191 g/mol. The molecule has 2 heteroatoms. The molecule has 0 amide bonds. The van der Waals surface area contributed by atoms with Gasteiger partial charge in [0.2, 0.25) is 0 Å². The lowest BCUT2D eigenvalue weighted by Gasteiger charge is -2.33. The topological polar surface area (TPSA) is 25.2 Å². The van der Waals surface area contributed by atoms with E-state index in [2.05, 4.69) is 18.3 Å². The second-order valence-corrected chi connectivity index (χ2v) is 4.10. The highest BCUT2D eigenvalue weighted by Crippen LogP contribution is 2.25. The van der Waals surface area contributed by atoms with Crippen molar-refractivity contribution in [3.63, 3.8) is 0 Å². The van der Waals surface area contributed by atoms with Gasteiger partial charge in [0.15, 0.2) is 0 Å². The smallest absolute Gasteiger partial charge is 0.126 e. The minimum Gasteiger partial charge on any atom is -0.465 e. The second-order valence-electron chi connectivity index (χ2n) is 4.10. The fourth-order valence-corrected chi connectivity index (χ4v) is 1.86. The van der Waals surface area contributed by atoms with E-state index in [4.69, 9.17) is 4.42 Å². The zero-order chi connectivity index (χ0) is 9.80. The Kier molecular flexibility index (Phi) is 3.04. The summed E-state index contributed by atoms with van der Waals surface area (Å²) < 4.78 is 5.18. The van der Waals surface area contributed by atoms with Crippen molar-refractivity contribution < 1.29 is 4.42 Å². The van der Waals surface area contributed by atoms with Crippen molar-refractivity contribution in [1.29, 1.82) is 0 Å². The highest BCUT2D eigenvalue weighted by molar-refractivity contribution is 5.42. The summed E-state index contributed by atoms with van der Waals surface area (Å²) in [6, 6.07) is 4.61. The van der Waals surface area contributed by atoms with Crippen LogP contribution in [-0.2, 0) is 0 Å². The molecule has 0 radical (unpaired) electrons. The summed E-state index contributed by atoms with van der Waals surface area (Å²) in [5, 5.41) is 3.48. The Hall–Kier alpha value is -1.02. The minimum atomic E-state index is 0.742. The van der Waals surface area contributed by atoms with Gasteiger partial charge in [0, 0.05) is 12.6 Å². The van der Waals surface area contributed by atoms with Crippen LogP contribution >= 0.6 is 0 Å². The first kappa shape index (κ1) is 9.53. The van der Waals surface area contributed by atoms with E-state index in [1.165, 1.54) is 12.8 Å². The van der Waals surface area contributed by atoms with Crippen LogP contribution in [0.25, 0.3) is 6.08 Å². The largest absolute Gasteiger partial charge is 0.465 e. The van der Waals surface area contributed by atoms with E-state index >= 15 is 0 Å². The maximum absolute atomic E-state index is 5.18. The number of hydrogen-bond acceptors (Lipinski definition) is 2. The first-order valence-corrected chi connectivity index (χ1v) is 5.28. The third kappa shape index (κ3) is 2.48. The lowest BCUT2D eigenvalue weighted by atomic mass is 9.82. The van der Waals surface area contributed by atoms with Crippen LogP contribution in [0.4, 0.5) is 0 Å². The number of nitrogens with one attached hydrogen (secondary N) is 1. The summed E-state index contributed by atoms with van der Waals surface area (Å²) in [4.78, 5) is 0. The SMILES string of the molecule is CC1CC(NC/C=C/c2ccco2)C1. The van der Waals surface area contributed by atoms with Gasteiger partial charge in [0.25, 0.3) is 0 Å². The summed E-state index contributed by atoms with van der Waals surface area (Å²) in [5.74, 6) is 1.84. The Morgan fingerprint density at radius 1 is 1.57 bits per heavy atom. The molecule has 0 aromatic carbocycles. The van der Waals surface area contributed by atoms with Crippen molar-refractivity contribution in [3.05, 3.63) is 30.2 Å². The predicted molar refractivity (Wildman–Crippen MR) is 57.9 cm³/mol. The molecule has 0 atom stereocenters. The molecule has 0 saturated heterocycles. The van der Waals surface area contributed by atoms with Gasteiger partial charge in [-0.1, -0.05) is 13.0 Å². The highest BCUT2D eigenvalue weighted by atomic mass is 16.3. The molecule has 0 bridgehead atoms. The van der Waals surface area contributed by atoms with E-state index in [1.54, 1.807) is 6.26 Å². The maximum atomic E-state index is 5.18. The molecule has 2 nitrogen and oxygen atoms in total. The van der Waals surface area contributed by atoms with Crippen molar-refractivity contribution >= 4 is 6.08 Å². The zero-order valence-electron chi connectivity index (χ0n) is 8.57. The lowest BCUT2D eigenvalue weighted by molar-refractivity contribution is 0.248. The van der Waals surface area contributed by atoms with Crippen LogP contribution in [-0.4, -0.2) is 12.6 Å². The Bertz CT molecular complexity index is 283. The van der Waals surface area contributed by atoms with Crippen molar-refractivity contribution in [3.8, 4) is 0 Å². The molecule has 1 aromatic heterocycles. The standard InChI is InChI=1S/C12H17NO/c1-10-8-11(9-10)13-6-2-4-12-5-3-7-14-12/h2-5,7,10-11,13H,6,8-9H2,1H3/b4-2+. The fourth-order valence-electron chi connectivity index (χ4n) is 1.86. The first-order valence-electron chi connectivity index (χ1n) is 5.28. The normalized spacial score (nSPS) is 26.6. The van der Waals surface area contributed by atoms with Crippen molar-refractivity contribution in [2.24, 2.45) is 5.92 Å². The molecule has 76 valence electrons. The molecule has 1 aromatic rings. The Labute approximate surface area is 85.0 Å². The molecular weight excluding hydrogens is 174 g/mol. The average Bonchev–Trinajstić information content (AvgIpc) is 2.61. The summed E-state index contributed by atoms with van der Waals surface area (Å²) in [6.45, 7) is 3.24. The lowest BCUT2D eigenvalue weighted by Crippen LogP contribution is -2.39. The van der Waals surface area contributed by atoms with Crippen LogP contribution in [0.5, 0.6) is 0 Å². The van der Waals surface area contributed by atoms with Crippen molar-refractivity contribution in [1.82, 2.24) is 5.32 Å². The zero-order valence-corrected chi connectivity index (χ0v) is 8.57. The van der Waals surface area contributed by atoms with Gasteiger partial charge in [-0.3, -0.25) is 0 Å². The monoisotopic (exact) mass is 191 g/mol. The molecule has 1 N–H and O–H groups in total. The summed E-state index contributed by atoms with van der Waals surface area (Å²) in [7, 11) is 0. The Morgan fingerprint density at radius 3 is 3.07 bits per heavy atom. The second kappa shape index (κ2) is 4.47. The van der Waals surface area contributed by atoms with Crippen molar-refractivity contribution in [2.45, 2.75) is 25.8 Å². The molecule has 1 heterocycles. The van der Waals surface area contributed by atoms with E-state index in [0.717, 1.165) is 24.3 Å². The minimum absolute atomic E-state index is 0.742. The van der Waals surface area contributed by atoms with E-state index < -0.39 is 0 Å². The summed E-state index contributed by atoms with van der Waals surface area (Å²) in [5.41, 5.74) is 0. The van der Waals surface area contributed by atoms with E-state index in [-0.39, 0.29) is 0 Å². The number of furan rings is 1. The molecular formula is C12H17NO. The Morgan fingerprint density at radius 2 is 2.43 bits per heavy atom. The van der Waals surface area contributed by atoms with Gasteiger partial charge in [0.05, 0.1) is 6.26 Å². The van der Waals surface area contributed by atoms with Gasteiger partial charge in [-0.2, -0.15) is 0 Å². The van der Waals surface area contributed by atoms with Gasteiger partial charge in [-0.15, -0.1) is 0 Å². The molecule has 1 aliphatic carbocycles. The molecule has 2 rings (SSSR count). The van der Waals surface area contributed by atoms with Gasteiger partial charge >= 0.3 is 0 Å². The quantitative estimate of drug-likeness (QED) is 0.791. The van der Waals surface area contributed by atoms with Gasteiger partial charge < -0.3 is 9.73 Å². The molecule has 1 aliphatic rings. The highest BCUT2D eigenvalue weighted by Gasteiger charge is 2.23. The molecule has 0 unspecified atom stereocenters. The molecule has 0 spiro atoms. The van der Waals surface area contributed by atoms with Gasteiger partial charge in [-0.05, 0) is 37.0 Å². The van der Waals surface area contributed by atoms with Crippen LogP contribution < -0.4 is 5.32 Å². The first-order chi connectivity index (χ1) is 6.84. The maximum Gasteiger partial charge on any atom is 0.126 e. The van der Waals surface area contributed by atoms with E-state index in [0.29, 0.717) is 0 Å². The number of rotatable bonds is 4. The van der Waals surface area contributed by atoms with Crippen LogP contribution in [0.15, 0.2) is 28.9 Å². The molecule has 0 aliphatic heterocycles. The van der Waals surface area contributed by atoms with Gasteiger partial charge in [-0.25, -0.2) is 0 Å². The molecule has 14 heavy (non-hydrogen) atoms. The van der Waals surface area contributed by atoms with E-state index in [1.807, 2.05) is 18.2 Å². The third-order valence-corrected chi connectivity index (χ3v) is 2.72. The number of hydrogen-bond donors (Lipinski definition) is 1. The summed E-state index contributed by atoms with van der Waals surface area (Å²) in [6.07, 6.45) is 8.47. The fraction of sp³-hybridized carbons (Fsp3) is 0.500. The van der Waals surface area contributed by atoms with Crippen LogP contribution in [0.1, 0.15) is 25.5 Å². The van der Waals surface area contributed by atoms with Crippen LogP contribution in [0.2, 0.25) is 0 Å². The Balaban J connectivity index is 1.63. The summed E-state index contributed by atoms with van der Waals surface area (Å²) >= 11 is 0. The van der Waals surface area contributed by atoms with Gasteiger partial charge in [0.1, 0.15) is 5.76 Å². The van der Waals surface area contributed by atoms with E-state index in [9.17, 15) is 0 Å². The van der Waals surface area contributed by atoms with Crippen LogP contribution in [0.3, 0.4) is 0 Å². The predicted octanol–water partition coefficient (Wildman–Crippen LogP) is 2.68. The van der Waals surface area contributed by atoms with Crippen molar-refractivity contribution in [2.75, 3.05) is 6.54 Å². The van der Waals surface area contributed by atoms with Crippen LogP contribution in [0, 0.1) is 5.92 Å². The molecule has 1 saturated carbocycles.